The number of methoxy groups -OCH3 is 1. The van der Waals surface area contributed by atoms with Crippen molar-refractivity contribution in [2.45, 2.75) is 76.7 Å². The number of fused-ring (bicyclic) bond motifs is 1. The minimum absolute atomic E-state index is 0.00633. The number of nitrogens with one attached hydrogen (secondary N) is 2. The van der Waals surface area contributed by atoms with E-state index in [4.69, 9.17) is 10.5 Å². The van der Waals surface area contributed by atoms with Gasteiger partial charge in [0.05, 0.1) is 31.3 Å². The number of alkyl carbamates (subject to hydrolysis) is 1. The van der Waals surface area contributed by atoms with Crippen molar-refractivity contribution in [3.05, 3.63) is 29.8 Å². The summed E-state index contributed by atoms with van der Waals surface area (Å²) in [5, 5.41) is 25.9. The third kappa shape index (κ3) is 7.18. The summed E-state index contributed by atoms with van der Waals surface area (Å²) in [6.45, 7) is 4.17. The van der Waals surface area contributed by atoms with E-state index in [9.17, 15) is 24.6 Å². The number of hydrogen-bond donors (Lipinski definition) is 5. The van der Waals surface area contributed by atoms with Gasteiger partial charge in [-0.05, 0) is 49.1 Å². The number of aliphatic hydroxyl groups excluding tert-OH is 2. The van der Waals surface area contributed by atoms with Crippen molar-refractivity contribution in [3.8, 4) is 0 Å². The third-order valence-corrected chi connectivity index (χ3v) is 7.17. The fraction of sp³-hybridized carbons (Fsp3) is 0.654. The van der Waals surface area contributed by atoms with Gasteiger partial charge < -0.3 is 36.2 Å². The zero-order valence-corrected chi connectivity index (χ0v) is 21.4. The highest BCUT2D eigenvalue weighted by molar-refractivity contribution is 5.95. The molecule has 1 fully saturated rings. The van der Waals surface area contributed by atoms with Gasteiger partial charge in [0.1, 0.15) is 0 Å². The van der Waals surface area contributed by atoms with Gasteiger partial charge >= 0.3 is 6.09 Å². The van der Waals surface area contributed by atoms with Gasteiger partial charge in [0.15, 0.2) is 0 Å². The SMILES string of the molecule is COC(=O)NC1Cc2ccccc2N(C(=O)CC(C)(C)C[C@H](N)[C@@H](O)CNC(=O)[C@H]2CCC[C@@H]2O)C1. The number of carbonyl (C=O) groups is 3. The molecule has 0 bridgehead atoms. The lowest BCUT2D eigenvalue weighted by Gasteiger charge is -2.37. The van der Waals surface area contributed by atoms with Crippen LogP contribution in [0.15, 0.2) is 24.3 Å². The van der Waals surface area contributed by atoms with E-state index >= 15 is 0 Å². The topological polar surface area (TPSA) is 154 Å². The van der Waals surface area contributed by atoms with Crippen LogP contribution < -0.4 is 21.3 Å². The highest BCUT2D eigenvalue weighted by Gasteiger charge is 2.35. The number of benzene rings is 1. The molecule has 36 heavy (non-hydrogen) atoms. The van der Waals surface area contributed by atoms with Crippen molar-refractivity contribution in [2.24, 2.45) is 17.1 Å². The number of carbonyl (C=O) groups excluding carboxylic acids is 3. The van der Waals surface area contributed by atoms with Crippen molar-refractivity contribution in [1.82, 2.24) is 10.6 Å². The number of nitrogens with zero attached hydrogens (tertiary/aromatic N) is 1. The molecule has 1 saturated carbocycles. The summed E-state index contributed by atoms with van der Waals surface area (Å²) >= 11 is 0. The number of nitrogens with two attached hydrogens (primary N) is 1. The first kappa shape index (κ1) is 27.9. The normalized spacial score (nSPS) is 23.4. The Morgan fingerprint density at radius 1 is 1.25 bits per heavy atom. The van der Waals surface area contributed by atoms with Crippen LogP contribution in [0.3, 0.4) is 0 Å². The summed E-state index contributed by atoms with van der Waals surface area (Å²) in [6, 6.07) is 6.70. The molecular weight excluding hydrogens is 464 g/mol. The van der Waals surface area contributed by atoms with Gasteiger partial charge in [0.25, 0.3) is 0 Å². The highest BCUT2D eigenvalue weighted by Crippen LogP contribution is 2.33. The number of amides is 3. The Hall–Kier alpha value is -2.69. The molecule has 5 atom stereocenters. The molecule has 0 spiro atoms. The van der Waals surface area contributed by atoms with Gasteiger partial charge in [-0.1, -0.05) is 32.0 Å². The van der Waals surface area contributed by atoms with E-state index in [1.807, 2.05) is 38.1 Å². The second-order valence-electron chi connectivity index (χ2n) is 10.8. The summed E-state index contributed by atoms with van der Waals surface area (Å²) in [4.78, 5) is 39.2. The molecule has 0 aromatic heterocycles. The lowest BCUT2D eigenvalue weighted by atomic mass is 9.80. The van der Waals surface area contributed by atoms with Gasteiger partial charge in [-0.3, -0.25) is 9.59 Å². The van der Waals surface area contributed by atoms with Crippen LogP contribution in [0.1, 0.15) is 51.5 Å². The second kappa shape index (κ2) is 12.0. The number of aliphatic hydroxyl groups is 2. The molecule has 0 radical (unpaired) electrons. The second-order valence-corrected chi connectivity index (χ2v) is 10.8. The van der Waals surface area contributed by atoms with Crippen LogP contribution in [0.25, 0.3) is 0 Å². The molecule has 6 N–H and O–H groups in total. The lowest BCUT2D eigenvalue weighted by Crippen LogP contribution is -2.51. The molecule has 3 rings (SSSR count). The van der Waals surface area contributed by atoms with Gasteiger partial charge in [0.2, 0.25) is 11.8 Å². The van der Waals surface area contributed by atoms with E-state index in [0.29, 0.717) is 32.2 Å². The summed E-state index contributed by atoms with van der Waals surface area (Å²) in [7, 11) is 1.30. The zero-order chi connectivity index (χ0) is 26.5. The highest BCUT2D eigenvalue weighted by atomic mass is 16.5. The summed E-state index contributed by atoms with van der Waals surface area (Å²) in [5.74, 6) is -0.805. The van der Waals surface area contributed by atoms with Crippen LogP contribution in [0.2, 0.25) is 0 Å². The zero-order valence-electron chi connectivity index (χ0n) is 21.4. The Balaban J connectivity index is 1.57. The molecule has 10 nitrogen and oxygen atoms in total. The molecule has 3 amide bonds. The van der Waals surface area contributed by atoms with Crippen LogP contribution in [-0.2, 0) is 20.7 Å². The predicted octanol–water partition coefficient (Wildman–Crippen LogP) is 1.07. The van der Waals surface area contributed by atoms with Gasteiger partial charge in [-0.15, -0.1) is 0 Å². The number of ether oxygens (including phenoxy) is 1. The maximum Gasteiger partial charge on any atom is 0.407 e. The monoisotopic (exact) mass is 504 g/mol. The maximum absolute atomic E-state index is 13.4. The molecule has 2 aliphatic rings. The Morgan fingerprint density at radius 3 is 2.64 bits per heavy atom. The predicted molar refractivity (Wildman–Crippen MR) is 135 cm³/mol. The minimum Gasteiger partial charge on any atom is -0.453 e. The fourth-order valence-electron chi connectivity index (χ4n) is 5.24. The molecule has 1 unspecified atom stereocenters. The standard InChI is InChI=1S/C26H40N4O6/c1-26(2,12-19(27)22(32)14-28-24(34)18-8-6-10-21(18)31)13-23(33)30-15-17(29-25(35)36-3)11-16-7-4-5-9-20(16)30/h4-5,7,9,17-19,21-22,31-32H,6,8,10-15,27H2,1-3H3,(H,28,34)(H,29,35)/t17?,18-,19-,21-,22-/m0/s1. The first-order valence-corrected chi connectivity index (χ1v) is 12.6. The molecule has 1 aliphatic carbocycles. The maximum atomic E-state index is 13.4. The van der Waals surface area contributed by atoms with Crippen molar-refractivity contribution >= 4 is 23.6 Å². The molecule has 200 valence electrons. The van der Waals surface area contributed by atoms with Crippen LogP contribution in [0.4, 0.5) is 10.5 Å². The smallest absolute Gasteiger partial charge is 0.407 e. The molecule has 0 saturated heterocycles. The Bertz CT molecular complexity index is 939. The van der Waals surface area contributed by atoms with E-state index in [-0.39, 0.29) is 30.8 Å². The average Bonchev–Trinajstić information content (AvgIpc) is 3.26. The molecular formula is C26H40N4O6. The van der Waals surface area contributed by atoms with Crippen molar-refractivity contribution in [1.29, 1.82) is 0 Å². The Morgan fingerprint density at radius 2 is 1.97 bits per heavy atom. The Kier molecular flexibility index (Phi) is 9.32. The van der Waals surface area contributed by atoms with Crippen molar-refractivity contribution < 1.29 is 29.3 Å². The average molecular weight is 505 g/mol. The van der Waals surface area contributed by atoms with E-state index in [2.05, 4.69) is 10.6 Å². The first-order valence-electron chi connectivity index (χ1n) is 12.6. The molecule has 1 aromatic rings. The van der Waals surface area contributed by atoms with Gasteiger partial charge in [-0.25, -0.2) is 4.79 Å². The molecule has 1 aliphatic heterocycles. The molecule has 10 heteroatoms. The number of para-hydroxylation sites is 1. The third-order valence-electron chi connectivity index (χ3n) is 7.17. The lowest BCUT2D eigenvalue weighted by molar-refractivity contribution is -0.128. The summed E-state index contributed by atoms with van der Waals surface area (Å²) < 4.78 is 4.72. The van der Waals surface area contributed by atoms with Crippen LogP contribution in [0.5, 0.6) is 0 Å². The van der Waals surface area contributed by atoms with E-state index in [0.717, 1.165) is 17.7 Å². The number of anilines is 1. The van der Waals surface area contributed by atoms with E-state index < -0.39 is 35.7 Å². The van der Waals surface area contributed by atoms with E-state index in [1.165, 1.54) is 7.11 Å². The molecule has 1 aromatic carbocycles. The van der Waals surface area contributed by atoms with Gasteiger partial charge in [0, 0.05) is 31.2 Å². The Labute approximate surface area is 212 Å². The fourth-order valence-corrected chi connectivity index (χ4v) is 5.24. The minimum atomic E-state index is -0.980. The van der Waals surface area contributed by atoms with Crippen LogP contribution in [-0.4, -0.2) is 72.6 Å². The first-order chi connectivity index (χ1) is 17.0. The largest absolute Gasteiger partial charge is 0.453 e. The van der Waals surface area contributed by atoms with Crippen molar-refractivity contribution in [3.63, 3.8) is 0 Å². The van der Waals surface area contributed by atoms with Crippen LogP contribution in [0, 0.1) is 11.3 Å². The number of hydrogen-bond acceptors (Lipinski definition) is 7. The summed E-state index contributed by atoms with van der Waals surface area (Å²) in [6.07, 6.45) is 1.05. The van der Waals surface area contributed by atoms with Gasteiger partial charge in [-0.2, -0.15) is 0 Å². The van der Waals surface area contributed by atoms with Crippen LogP contribution >= 0.6 is 0 Å². The summed E-state index contributed by atoms with van der Waals surface area (Å²) in [5.41, 5.74) is 7.52. The van der Waals surface area contributed by atoms with E-state index in [1.54, 1.807) is 4.90 Å². The van der Waals surface area contributed by atoms with Crippen molar-refractivity contribution in [2.75, 3.05) is 25.1 Å². The molecule has 1 heterocycles. The quantitative estimate of drug-likeness (QED) is 0.337. The number of rotatable bonds is 9.